The second kappa shape index (κ2) is 7.31. The van der Waals surface area contributed by atoms with Crippen LogP contribution in [0.25, 0.3) is 0 Å². The molecule has 1 atom stereocenters. The molecule has 112 valence electrons. The first kappa shape index (κ1) is 16.5. The summed E-state index contributed by atoms with van der Waals surface area (Å²) in [6, 6.07) is 1.36. The van der Waals surface area contributed by atoms with Gasteiger partial charge in [0.25, 0.3) is 0 Å². The quantitative estimate of drug-likeness (QED) is 0.768. The maximum atomic E-state index is 12.9. The number of amides is 1. The third-order valence-corrected chi connectivity index (χ3v) is 2.73. The predicted molar refractivity (Wildman–Crippen MR) is 74.7 cm³/mol. The highest BCUT2D eigenvalue weighted by atomic mass is 19.1. The molecule has 1 amide bonds. The maximum absolute atomic E-state index is 12.9. The molecule has 0 bridgehead atoms. The van der Waals surface area contributed by atoms with E-state index >= 15 is 0 Å². The fraction of sp³-hybridized carbons (Fsp3) is 0.571. The van der Waals surface area contributed by atoms with Crippen molar-refractivity contribution in [1.29, 1.82) is 0 Å². The number of aliphatic hydroxyl groups is 1. The molecular formula is C14H22FN3O2. The van der Waals surface area contributed by atoms with Crippen molar-refractivity contribution in [3.63, 3.8) is 0 Å². The fourth-order valence-electron chi connectivity index (χ4n) is 1.96. The summed E-state index contributed by atoms with van der Waals surface area (Å²) in [5.74, 6) is -0.579. The van der Waals surface area contributed by atoms with E-state index in [1.54, 1.807) is 13.1 Å². The lowest BCUT2D eigenvalue weighted by Gasteiger charge is -2.27. The molecular weight excluding hydrogens is 261 g/mol. The first-order valence-corrected chi connectivity index (χ1v) is 6.52. The van der Waals surface area contributed by atoms with Crippen molar-refractivity contribution in [3.8, 4) is 0 Å². The highest BCUT2D eigenvalue weighted by Crippen LogP contribution is 2.05. The molecule has 0 aromatic carbocycles. The molecule has 1 aromatic rings. The third kappa shape index (κ3) is 6.58. The Labute approximate surface area is 118 Å². The van der Waals surface area contributed by atoms with Crippen LogP contribution in [0, 0.1) is 5.82 Å². The van der Waals surface area contributed by atoms with Gasteiger partial charge in [0.15, 0.2) is 0 Å². The van der Waals surface area contributed by atoms with Crippen LogP contribution >= 0.6 is 0 Å². The van der Waals surface area contributed by atoms with Crippen molar-refractivity contribution >= 4 is 5.91 Å². The van der Waals surface area contributed by atoms with Crippen LogP contribution in [0.15, 0.2) is 18.5 Å². The number of nitrogens with one attached hydrogen (secondary N) is 1. The van der Waals surface area contributed by atoms with Gasteiger partial charge in [-0.05, 0) is 39.1 Å². The number of rotatable bonds is 7. The second-order valence-corrected chi connectivity index (χ2v) is 5.52. The minimum absolute atomic E-state index is 0.173. The molecule has 0 spiro atoms. The molecule has 2 N–H and O–H groups in total. The Morgan fingerprint density at radius 1 is 1.50 bits per heavy atom. The average molecular weight is 283 g/mol. The van der Waals surface area contributed by atoms with Crippen LogP contribution in [0.5, 0.6) is 0 Å². The van der Waals surface area contributed by atoms with Crippen molar-refractivity contribution in [2.45, 2.75) is 25.4 Å². The van der Waals surface area contributed by atoms with Gasteiger partial charge < -0.3 is 15.3 Å². The number of aromatic nitrogens is 1. The third-order valence-electron chi connectivity index (χ3n) is 2.73. The van der Waals surface area contributed by atoms with E-state index in [1.807, 2.05) is 19.0 Å². The first-order chi connectivity index (χ1) is 9.28. The molecule has 0 aliphatic heterocycles. The first-order valence-electron chi connectivity index (χ1n) is 6.52. The van der Waals surface area contributed by atoms with Crippen LogP contribution < -0.4 is 5.32 Å². The van der Waals surface area contributed by atoms with E-state index in [2.05, 4.69) is 10.3 Å². The van der Waals surface area contributed by atoms with Crippen LogP contribution in [0.3, 0.4) is 0 Å². The predicted octanol–water partition coefficient (Wildman–Crippen LogP) is 0.582. The number of halogens is 1. The number of likely N-dealkylation sites (N-methyl/N-ethyl adjacent to an activating group) is 1. The van der Waals surface area contributed by atoms with E-state index in [0.717, 1.165) is 6.20 Å². The Bertz CT molecular complexity index is 450. The van der Waals surface area contributed by atoms with Gasteiger partial charge in [-0.3, -0.25) is 9.78 Å². The van der Waals surface area contributed by atoms with Crippen molar-refractivity contribution < 1.29 is 14.3 Å². The topological polar surface area (TPSA) is 65.5 Å². The van der Waals surface area contributed by atoms with E-state index in [0.29, 0.717) is 18.5 Å². The molecule has 6 heteroatoms. The summed E-state index contributed by atoms with van der Waals surface area (Å²) in [5.41, 5.74) is -0.292. The summed E-state index contributed by atoms with van der Waals surface area (Å²) < 4.78 is 12.9. The van der Waals surface area contributed by atoms with Gasteiger partial charge in [0.2, 0.25) is 5.91 Å². The molecule has 0 saturated heterocycles. The largest absolute Gasteiger partial charge is 0.387 e. The van der Waals surface area contributed by atoms with Gasteiger partial charge in [-0.15, -0.1) is 0 Å². The highest BCUT2D eigenvalue weighted by Gasteiger charge is 2.21. The van der Waals surface area contributed by atoms with Gasteiger partial charge in [0.05, 0.1) is 11.8 Å². The van der Waals surface area contributed by atoms with Crippen LogP contribution in [0.4, 0.5) is 4.39 Å². The Hall–Kier alpha value is -1.53. The number of carbonyl (C=O) groups is 1. The molecule has 0 aliphatic rings. The molecule has 0 aliphatic carbocycles. The lowest BCUT2D eigenvalue weighted by molar-refractivity contribution is -0.122. The van der Waals surface area contributed by atoms with Gasteiger partial charge in [-0.2, -0.15) is 0 Å². The smallest absolute Gasteiger partial charge is 0.220 e. The highest BCUT2D eigenvalue weighted by molar-refractivity contribution is 5.76. The lowest BCUT2D eigenvalue weighted by Crippen LogP contribution is -2.47. The monoisotopic (exact) mass is 283 g/mol. The molecule has 0 radical (unpaired) electrons. The number of pyridine rings is 1. The number of carbonyl (C=O) groups excluding carboxylic acids is 1. The molecule has 0 saturated carbocycles. The van der Waals surface area contributed by atoms with E-state index in [9.17, 15) is 14.3 Å². The SMILES string of the molecule is CN(C)CC(C)(O)CNC(=O)CCc1cncc(F)c1. The molecule has 1 aromatic heterocycles. The average Bonchev–Trinajstić information content (AvgIpc) is 2.32. The maximum Gasteiger partial charge on any atom is 0.220 e. The molecule has 1 rings (SSSR count). The Balaban J connectivity index is 2.34. The minimum atomic E-state index is -0.973. The molecule has 1 unspecified atom stereocenters. The molecule has 0 fully saturated rings. The zero-order chi connectivity index (χ0) is 15.2. The van der Waals surface area contributed by atoms with Crippen molar-refractivity contribution in [2.75, 3.05) is 27.2 Å². The summed E-state index contributed by atoms with van der Waals surface area (Å²) in [6.07, 6.45) is 3.33. The summed E-state index contributed by atoms with van der Waals surface area (Å²) in [6.45, 7) is 2.32. The number of aryl methyl sites for hydroxylation is 1. The summed E-state index contributed by atoms with van der Waals surface area (Å²) >= 11 is 0. The molecule has 5 nitrogen and oxygen atoms in total. The van der Waals surface area contributed by atoms with E-state index in [1.165, 1.54) is 6.07 Å². The Kier molecular flexibility index (Phi) is 6.04. The number of hydrogen-bond acceptors (Lipinski definition) is 4. The normalized spacial score (nSPS) is 14.1. The standard InChI is InChI=1S/C14H22FN3O2/c1-14(20,10-18(2)3)9-17-13(19)5-4-11-6-12(15)8-16-7-11/h6-8,20H,4-5,9-10H2,1-3H3,(H,17,19). The van der Waals surface area contributed by atoms with Gasteiger partial charge in [-0.25, -0.2) is 4.39 Å². The van der Waals surface area contributed by atoms with Crippen molar-refractivity contribution in [1.82, 2.24) is 15.2 Å². The van der Waals surface area contributed by atoms with Crippen LogP contribution in [-0.4, -0.2) is 53.7 Å². The van der Waals surface area contributed by atoms with Gasteiger partial charge in [0, 0.05) is 25.7 Å². The van der Waals surface area contributed by atoms with Gasteiger partial charge in [-0.1, -0.05) is 0 Å². The molecule has 1 heterocycles. The van der Waals surface area contributed by atoms with E-state index < -0.39 is 11.4 Å². The zero-order valence-corrected chi connectivity index (χ0v) is 12.2. The summed E-state index contributed by atoms with van der Waals surface area (Å²) in [5, 5.41) is 12.7. The number of nitrogens with zero attached hydrogens (tertiary/aromatic N) is 2. The van der Waals surface area contributed by atoms with Gasteiger partial charge >= 0.3 is 0 Å². The van der Waals surface area contributed by atoms with E-state index in [4.69, 9.17) is 0 Å². The zero-order valence-electron chi connectivity index (χ0n) is 12.2. The number of hydrogen-bond donors (Lipinski definition) is 2. The van der Waals surface area contributed by atoms with Crippen LogP contribution in [-0.2, 0) is 11.2 Å². The summed E-state index contributed by atoms with van der Waals surface area (Å²) in [7, 11) is 3.71. The van der Waals surface area contributed by atoms with Crippen molar-refractivity contribution in [2.24, 2.45) is 0 Å². The molecule has 20 heavy (non-hydrogen) atoms. The Morgan fingerprint density at radius 3 is 2.80 bits per heavy atom. The van der Waals surface area contributed by atoms with Gasteiger partial charge in [0.1, 0.15) is 5.82 Å². The lowest BCUT2D eigenvalue weighted by atomic mass is 10.1. The second-order valence-electron chi connectivity index (χ2n) is 5.52. The summed E-state index contributed by atoms with van der Waals surface area (Å²) in [4.78, 5) is 17.3. The van der Waals surface area contributed by atoms with Crippen LogP contribution in [0.1, 0.15) is 18.9 Å². The van der Waals surface area contributed by atoms with Crippen molar-refractivity contribution in [3.05, 3.63) is 29.8 Å². The van der Waals surface area contributed by atoms with E-state index in [-0.39, 0.29) is 18.9 Å². The minimum Gasteiger partial charge on any atom is -0.387 e. The van der Waals surface area contributed by atoms with Crippen LogP contribution in [0.2, 0.25) is 0 Å². The Morgan fingerprint density at radius 2 is 2.20 bits per heavy atom. The fourth-order valence-corrected chi connectivity index (χ4v) is 1.96.